The second-order valence-electron chi connectivity index (χ2n) is 5.66. The van der Waals surface area contributed by atoms with Crippen LogP contribution in [0.15, 0.2) is 59.6 Å². The Bertz CT molecular complexity index is 907. The van der Waals surface area contributed by atoms with E-state index < -0.39 is 17.7 Å². The van der Waals surface area contributed by atoms with Crippen LogP contribution in [0.3, 0.4) is 0 Å². The van der Waals surface area contributed by atoms with Crippen LogP contribution in [0.4, 0.5) is 11.4 Å². The van der Waals surface area contributed by atoms with Gasteiger partial charge in [-0.15, -0.1) is 0 Å². The molecule has 1 atom stereocenters. The summed E-state index contributed by atoms with van der Waals surface area (Å²) in [4.78, 5) is 41.7. The number of rotatable bonds is 4. The van der Waals surface area contributed by atoms with Crippen molar-refractivity contribution in [1.82, 2.24) is 5.32 Å². The zero-order valence-corrected chi connectivity index (χ0v) is 14.7. The normalized spacial score (nSPS) is 17.5. The predicted molar refractivity (Wildman–Crippen MR) is 103 cm³/mol. The molecule has 0 aromatic heterocycles. The molecule has 2 amide bonds. The van der Waals surface area contributed by atoms with E-state index in [0.717, 1.165) is 0 Å². The number of amides is 2. The summed E-state index contributed by atoms with van der Waals surface area (Å²) in [6, 6.07) is 15.4. The lowest BCUT2D eigenvalue weighted by Gasteiger charge is -2.30. The molecule has 0 radical (unpaired) electrons. The zero-order chi connectivity index (χ0) is 18.7. The number of benzene rings is 2. The molecule has 3 rings (SSSR count). The van der Waals surface area contributed by atoms with Crippen LogP contribution >= 0.6 is 12.2 Å². The van der Waals surface area contributed by atoms with Crippen LogP contribution in [-0.2, 0) is 9.59 Å². The van der Waals surface area contributed by atoms with Gasteiger partial charge in [0.1, 0.15) is 0 Å². The third-order valence-electron chi connectivity index (χ3n) is 3.86. The van der Waals surface area contributed by atoms with E-state index in [1.54, 1.807) is 48.5 Å². The van der Waals surface area contributed by atoms with Crippen molar-refractivity contribution in [2.75, 3.05) is 4.90 Å². The van der Waals surface area contributed by atoms with E-state index in [0.29, 0.717) is 16.9 Å². The van der Waals surface area contributed by atoms with Crippen LogP contribution in [0.5, 0.6) is 0 Å². The average molecular weight is 365 g/mol. The van der Waals surface area contributed by atoms with Crippen LogP contribution in [0, 0.1) is 5.92 Å². The first-order valence-corrected chi connectivity index (χ1v) is 8.27. The molecule has 0 bridgehead atoms. The lowest BCUT2D eigenvalue weighted by atomic mass is 10.1. The number of anilines is 1. The number of thiocarbonyl (C=S) groups is 1. The topological polar surface area (TPSA) is 78.8 Å². The van der Waals surface area contributed by atoms with Gasteiger partial charge in [0.2, 0.25) is 5.91 Å². The van der Waals surface area contributed by atoms with E-state index >= 15 is 0 Å². The summed E-state index contributed by atoms with van der Waals surface area (Å²) < 4.78 is 0. The lowest BCUT2D eigenvalue weighted by Crippen LogP contribution is -2.58. The monoisotopic (exact) mass is 365 g/mol. The fourth-order valence-electron chi connectivity index (χ4n) is 2.49. The minimum atomic E-state index is -1.09. The minimum Gasteiger partial charge on any atom is -0.301 e. The van der Waals surface area contributed by atoms with Crippen molar-refractivity contribution < 1.29 is 14.4 Å². The Labute approximate surface area is 155 Å². The molecule has 7 heteroatoms. The van der Waals surface area contributed by atoms with Crippen molar-refractivity contribution in [2.24, 2.45) is 10.9 Å². The third kappa shape index (κ3) is 3.57. The number of carbonyl (C=O) groups excluding carboxylic acids is 3. The highest BCUT2D eigenvalue weighted by atomic mass is 32.1. The van der Waals surface area contributed by atoms with Crippen LogP contribution in [0.2, 0.25) is 0 Å². The van der Waals surface area contributed by atoms with Gasteiger partial charge in [-0.3, -0.25) is 24.3 Å². The SMILES string of the molecule is CC(=O)c1ccc(N=C[C@H]2C(=O)NC(=S)N(c3ccccc3)C2=O)cc1. The fourth-order valence-corrected chi connectivity index (χ4v) is 2.78. The summed E-state index contributed by atoms with van der Waals surface area (Å²) in [5.74, 6) is -2.12. The van der Waals surface area contributed by atoms with Crippen LogP contribution < -0.4 is 10.2 Å². The van der Waals surface area contributed by atoms with Gasteiger partial charge in [-0.1, -0.05) is 18.2 Å². The minimum absolute atomic E-state index is 0.0432. The molecule has 0 aliphatic carbocycles. The highest BCUT2D eigenvalue weighted by molar-refractivity contribution is 7.80. The molecule has 26 heavy (non-hydrogen) atoms. The zero-order valence-electron chi connectivity index (χ0n) is 13.9. The molecule has 1 saturated heterocycles. The molecule has 2 aromatic carbocycles. The molecule has 0 unspecified atom stereocenters. The van der Waals surface area contributed by atoms with Gasteiger partial charge in [-0.25, -0.2) is 0 Å². The Hall–Kier alpha value is -3.19. The number of nitrogens with one attached hydrogen (secondary N) is 1. The number of aliphatic imine (C=N–C) groups is 1. The molecule has 0 spiro atoms. The van der Waals surface area contributed by atoms with E-state index in [2.05, 4.69) is 10.3 Å². The van der Waals surface area contributed by atoms with Gasteiger partial charge in [-0.05, 0) is 55.5 Å². The number of para-hydroxylation sites is 1. The summed E-state index contributed by atoms with van der Waals surface area (Å²) in [7, 11) is 0. The molecule has 0 saturated carbocycles. The molecule has 1 aliphatic rings. The summed E-state index contributed by atoms with van der Waals surface area (Å²) in [6.07, 6.45) is 1.29. The molecule has 6 nitrogen and oxygen atoms in total. The molecule has 2 aromatic rings. The van der Waals surface area contributed by atoms with Gasteiger partial charge in [0.05, 0.1) is 11.4 Å². The maximum Gasteiger partial charge on any atom is 0.251 e. The first kappa shape index (κ1) is 17.6. The quantitative estimate of drug-likeness (QED) is 0.391. The Balaban J connectivity index is 1.84. The largest absolute Gasteiger partial charge is 0.301 e. The van der Waals surface area contributed by atoms with Crippen LogP contribution in [0.1, 0.15) is 17.3 Å². The first-order chi connectivity index (χ1) is 12.5. The molecule has 1 aliphatic heterocycles. The van der Waals surface area contributed by atoms with Gasteiger partial charge < -0.3 is 5.32 Å². The maximum absolute atomic E-state index is 12.8. The molecule has 130 valence electrons. The summed E-state index contributed by atoms with van der Waals surface area (Å²) in [5.41, 5.74) is 1.68. The highest BCUT2D eigenvalue weighted by Gasteiger charge is 2.38. The summed E-state index contributed by atoms with van der Waals surface area (Å²) in [6.45, 7) is 1.48. The van der Waals surface area contributed by atoms with Gasteiger partial charge >= 0.3 is 0 Å². The number of hydrogen-bond donors (Lipinski definition) is 1. The van der Waals surface area contributed by atoms with E-state index in [9.17, 15) is 14.4 Å². The Morgan fingerprint density at radius 3 is 2.38 bits per heavy atom. The number of hydrogen-bond acceptors (Lipinski definition) is 5. The fraction of sp³-hybridized carbons (Fsp3) is 0.105. The van der Waals surface area contributed by atoms with Crippen molar-refractivity contribution >= 4 is 52.5 Å². The summed E-state index contributed by atoms with van der Waals surface area (Å²) >= 11 is 5.13. The van der Waals surface area contributed by atoms with Gasteiger partial charge in [0.15, 0.2) is 16.8 Å². The number of ketones is 1. The average Bonchev–Trinajstić information content (AvgIpc) is 2.62. The second kappa shape index (κ2) is 7.37. The van der Waals surface area contributed by atoms with E-state index in [-0.39, 0.29) is 10.9 Å². The number of carbonyl (C=O) groups is 3. The highest BCUT2D eigenvalue weighted by Crippen LogP contribution is 2.21. The van der Waals surface area contributed by atoms with Crippen molar-refractivity contribution in [3.63, 3.8) is 0 Å². The number of Topliss-reactive ketones (excluding diaryl/α,β-unsaturated/α-hetero) is 1. The van der Waals surface area contributed by atoms with Gasteiger partial charge in [0, 0.05) is 11.8 Å². The standard InChI is InChI=1S/C19H15N3O3S/c1-12(23)13-7-9-14(10-8-13)20-11-16-17(24)21-19(26)22(18(16)25)15-5-3-2-4-6-15/h2-11,16H,1H3,(H,21,24,26)/t16-/m0/s1. The molecular weight excluding hydrogens is 350 g/mol. The van der Waals surface area contributed by atoms with Crippen molar-refractivity contribution in [2.45, 2.75) is 6.92 Å². The predicted octanol–water partition coefficient (Wildman–Crippen LogP) is 2.66. The Morgan fingerprint density at radius 1 is 1.12 bits per heavy atom. The molecule has 1 N–H and O–H groups in total. The first-order valence-electron chi connectivity index (χ1n) is 7.86. The summed E-state index contributed by atoms with van der Waals surface area (Å²) in [5, 5.41) is 2.57. The molecular formula is C19H15N3O3S. The van der Waals surface area contributed by atoms with Crippen molar-refractivity contribution in [3.8, 4) is 0 Å². The maximum atomic E-state index is 12.8. The molecule has 1 fully saturated rings. The molecule has 1 heterocycles. The van der Waals surface area contributed by atoms with E-state index in [1.165, 1.54) is 18.0 Å². The number of nitrogens with zero attached hydrogens (tertiary/aromatic N) is 2. The van der Waals surface area contributed by atoms with Gasteiger partial charge in [0.25, 0.3) is 5.91 Å². The van der Waals surface area contributed by atoms with E-state index in [1.807, 2.05) is 6.07 Å². The van der Waals surface area contributed by atoms with Crippen LogP contribution in [-0.4, -0.2) is 28.9 Å². The Kier molecular flexibility index (Phi) is 4.99. The van der Waals surface area contributed by atoms with Crippen molar-refractivity contribution in [1.29, 1.82) is 0 Å². The second-order valence-corrected chi connectivity index (χ2v) is 6.05. The smallest absolute Gasteiger partial charge is 0.251 e. The van der Waals surface area contributed by atoms with Crippen LogP contribution in [0.25, 0.3) is 0 Å². The van der Waals surface area contributed by atoms with Gasteiger partial charge in [-0.2, -0.15) is 0 Å². The van der Waals surface area contributed by atoms with E-state index in [4.69, 9.17) is 12.2 Å². The Morgan fingerprint density at radius 2 is 1.77 bits per heavy atom. The lowest BCUT2D eigenvalue weighted by molar-refractivity contribution is -0.130. The third-order valence-corrected chi connectivity index (χ3v) is 4.15. The van der Waals surface area contributed by atoms with Crippen molar-refractivity contribution in [3.05, 3.63) is 60.2 Å².